The van der Waals surface area contributed by atoms with Gasteiger partial charge in [-0.2, -0.15) is 5.10 Å². The van der Waals surface area contributed by atoms with Gasteiger partial charge in [-0.1, -0.05) is 36.4 Å². The minimum Gasteiger partial charge on any atom is -0.306 e. The van der Waals surface area contributed by atoms with Gasteiger partial charge in [-0.25, -0.2) is 0 Å². The summed E-state index contributed by atoms with van der Waals surface area (Å²) >= 11 is 0. The number of aromatic nitrogens is 2. The van der Waals surface area contributed by atoms with Gasteiger partial charge in [0, 0.05) is 31.4 Å². The molecular formula is C17H19N3. The summed E-state index contributed by atoms with van der Waals surface area (Å²) in [7, 11) is 1.94. The Morgan fingerprint density at radius 2 is 1.95 bits per heavy atom. The summed E-state index contributed by atoms with van der Waals surface area (Å²) in [6, 6.07) is 15.4. The molecule has 0 spiro atoms. The molecule has 0 fully saturated rings. The molecular weight excluding hydrogens is 246 g/mol. The molecule has 0 aliphatic heterocycles. The van der Waals surface area contributed by atoms with Crippen LogP contribution in [0.25, 0.3) is 10.8 Å². The molecule has 0 saturated heterocycles. The van der Waals surface area contributed by atoms with Gasteiger partial charge in [0.25, 0.3) is 0 Å². The van der Waals surface area contributed by atoms with Crippen LogP contribution in [0, 0.1) is 0 Å². The third-order valence-electron chi connectivity index (χ3n) is 3.64. The summed E-state index contributed by atoms with van der Waals surface area (Å²) in [6.45, 7) is 3.03. The highest BCUT2D eigenvalue weighted by atomic mass is 15.2. The van der Waals surface area contributed by atoms with Crippen molar-refractivity contribution in [3.05, 3.63) is 66.0 Å². The standard InChI is InChI=1S/C17H19N3/c1-13(18-10-14-11-19-20(2)12-14)16-8-7-15-5-3-4-6-17(15)9-16/h3-9,11-13,18H,10H2,1-2H3/t13-/m1/s1. The van der Waals surface area contributed by atoms with Gasteiger partial charge in [-0.3, -0.25) is 4.68 Å². The van der Waals surface area contributed by atoms with Crippen LogP contribution in [0.2, 0.25) is 0 Å². The maximum Gasteiger partial charge on any atom is 0.0534 e. The first kappa shape index (κ1) is 12.9. The van der Waals surface area contributed by atoms with Crippen LogP contribution in [0.3, 0.4) is 0 Å². The monoisotopic (exact) mass is 265 g/mol. The molecule has 3 rings (SSSR count). The van der Waals surface area contributed by atoms with E-state index in [9.17, 15) is 0 Å². The predicted octanol–water partition coefficient (Wildman–Crippen LogP) is 3.42. The molecule has 0 bridgehead atoms. The quantitative estimate of drug-likeness (QED) is 0.783. The molecule has 3 nitrogen and oxygen atoms in total. The van der Waals surface area contributed by atoms with Crippen LogP contribution in [0.1, 0.15) is 24.1 Å². The summed E-state index contributed by atoms with van der Waals surface area (Å²) in [4.78, 5) is 0. The molecule has 3 heteroatoms. The lowest BCUT2D eigenvalue weighted by Gasteiger charge is -2.14. The molecule has 0 aliphatic rings. The first-order valence-electron chi connectivity index (χ1n) is 6.92. The smallest absolute Gasteiger partial charge is 0.0534 e. The largest absolute Gasteiger partial charge is 0.306 e. The maximum atomic E-state index is 4.18. The first-order valence-corrected chi connectivity index (χ1v) is 6.92. The Bertz CT molecular complexity index is 715. The van der Waals surface area contributed by atoms with Crippen LogP contribution in [-0.4, -0.2) is 9.78 Å². The first-order chi connectivity index (χ1) is 9.72. The van der Waals surface area contributed by atoms with Crippen molar-refractivity contribution in [3.63, 3.8) is 0 Å². The van der Waals surface area contributed by atoms with E-state index in [4.69, 9.17) is 0 Å². The number of fused-ring (bicyclic) bond motifs is 1. The van der Waals surface area contributed by atoms with Crippen LogP contribution in [0.5, 0.6) is 0 Å². The Balaban J connectivity index is 1.73. The molecule has 1 atom stereocenters. The number of nitrogens with one attached hydrogen (secondary N) is 1. The molecule has 0 amide bonds. The molecule has 0 aliphatic carbocycles. The Labute approximate surface area is 119 Å². The number of nitrogens with zero attached hydrogens (tertiary/aromatic N) is 2. The summed E-state index contributed by atoms with van der Waals surface area (Å²) in [6.07, 6.45) is 3.94. The number of aryl methyl sites for hydroxylation is 1. The molecule has 1 heterocycles. The van der Waals surface area contributed by atoms with E-state index in [0.717, 1.165) is 6.54 Å². The summed E-state index contributed by atoms with van der Waals surface area (Å²) < 4.78 is 1.83. The highest BCUT2D eigenvalue weighted by molar-refractivity contribution is 5.83. The number of benzene rings is 2. The van der Waals surface area contributed by atoms with E-state index in [1.807, 2.05) is 24.1 Å². The van der Waals surface area contributed by atoms with Crippen molar-refractivity contribution in [2.24, 2.45) is 7.05 Å². The van der Waals surface area contributed by atoms with Crippen LogP contribution < -0.4 is 5.32 Å². The normalized spacial score (nSPS) is 12.7. The second-order valence-electron chi connectivity index (χ2n) is 5.23. The fraction of sp³-hybridized carbons (Fsp3) is 0.235. The van der Waals surface area contributed by atoms with Gasteiger partial charge in [0.1, 0.15) is 0 Å². The van der Waals surface area contributed by atoms with Crippen molar-refractivity contribution < 1.29 is 0 Å². The zero-order chi connectivity index (χ0) is 13.9. The van der Waals surface area contributed by atoms with Crippen molar-refractivity contribution in [1.82, 2.24) is 15.1 Å². The van der Waals surface area contributed by atoms with Gasteiger partial charge < -0.3 is 5.32 Å². The van der Waals surface area contributed by atoms with Crippen LogP contribution in [0.4, 0.5) is 0 Å². The topological polar surface area (TPSA) is 29.9 Å². The molecule has 20 heavy (non-hydrogen) atoms. The lowest BCUT2D eigenvalue weighted by atomic mass is 10.0. The highest BCUT2D eigenvalue weighted by Crippen LogP contribution is 2.20. The molecule has 0 saturated carbocycles. The molecule has 1 N–H and O–H groups in total. The second-order valence-corrected chi connectivity index (χ2v) is 5.23. The van der Waals surface area contributed by atoms with Crippen molar-refractivity contribution in [1.29, 1.82) is 0 Å². The third-order valence-corrected chi connectivity index (χ3v) is 3.64. The summed E-state index contributed by atoms with van der Waals surface area (Å²) in [5.41, 5.74) is 2.52. The number of hydrogen-bond acceptors (Lipinski definition) is 2. The minimum absolute atomic E-state index is 0.319. The Kier molecular flexibility index (Phi) is 3.52. The van der Waals surface area contributed by atoms with Crippen LogP contribution in [-0.2, 0) is 13.6 Å². The SMILES string of the molecule is C[C@@H](NCc1cnn(C)c1)c1ccc2ccccc2c1. The van der Waals surface area contributed by atoms with Gasteiger partial charge in [-0.05, 0) is 29.3 Å². The Hall–Kier alpha value is -2.13. The second kappa shape index (κ2) is 5.47. The molecule has 102 valence electrons. The molecule has 0 radical (unpaired) electrons. The van der Waals surface area contributed by atoms with Gasteiger partial charge in [0.05, 0.1) is 6.20 Å². The van der Waals surface area contributed by atoms with E-state index in [0.29, 0.717) is 6.04 Å². The van der Waals surface area contributed by atoms with Crippen molar-refractivity contribution in [2.75, 3.05) is 0 Å². The van der Waals surface area contributed by atoms with E-state index >= 15 is 0 Å². The average molecular weight is 265 g/mol. The molecule has 3 aromatic rings. The van der Waals surface area contributed by atoms with Crippen molar-refractivity contribution in [3.8, 4) is 0 Å². The number of rotatable bonds is 4. The van der Waals surface area contributed by atoms with E-state index in [1.165, 1.54) is 21.9 Å². The zero-order valence-electron chi connectivity index (χ0n) is 11.9. The predicted molar refractivity (Wildman–Crippen MR) is 82.4 cm³/mol. The van der Waals surface area contributed by atoms with Gasteiger partial charge in [0.2, 0.25) is 0 Å². The third kappa shape index (κ3) is 2.73. The van der Waals surface area contributed by atoms with E-state index in [2.05, 4.69) is 59.8 Å². The fourth-order valence-corrected chi connectivity index (χ4v) is 2.43. The van der Waals surface area contributed by atoms with E-state index in [1.54, 1.807) is 0 Å². The lowest BCUT2D eigenvalue weighted by molar-refractivity contribution is 0.575. The lowest BCUT2D eigenvalue weighted by Crippen LogP contribution is -2.17. The van der Waals surface area contributed by atoms with Gasteiger partial charge >= 0.3 is 0 Å². The minimum atomic E-state index is 0.319. The van der Waals surface area contributed by atoms with Crippen molar-refractivity contribution >= 4 is 10.8 Å². The van der Waals surface area contributed by atoms with E-state index < -0.39 is 0 Å². The zero-order valence-corrected chi connectivity index (χ0v) is 11.9. The van der Waals surface area contributed by atoms with Gasteiger partial charge in [-0.15, -0.1) is 0 Å². The highest BCUT2D eigenvalue weighted by Gasteiger charge is 2.06. The maximum absolute atomic E-state index is 4.18. The summed E-state index contributed by atoms with van der Waals surface area (Å²) in [5.74, 6) is 0. The number of hydrogen-bond donors (Lipinski definition) is 1. The Morgan fingerprint density at radius 3 is 2.70 bits per heavy atom. The fourth-order valence-electron chi connectivity index (χ4n) is 2.43. The molecule has 1 aromatic heterocycles. The van der Waals surface area contributed by atoms with Crippen LogP contribution >= 0.6 is 0 Å². The van der Waals surface area contributed by atoms with Crippen molar-refractivity contribution in [2.45, 2.75) is 19.5 Å². The van der Waals surface area contributed by atoms with E-state index in [-0.39, 0.29) is 0 Å². The molecule has 0 unspecified atom stereocenters. The molecule has 2 aromatic carbocycles. The van der Waals surface area contributed by atoms with Crippen LogP contribution in [0.15, 0.2) is 54.9 Å². The summed E-state index contributed by atoms with van der Waals surface area (Å²) in [5, 5.41) is 10.3. The Morgan fingerprint density at radius 1 is 1.15 bits per heavy atom. The van der Waals surface area contributed by atoms with Gasteiger partial charge in [0.15, 0.2) is 0 Å². The average Bonchev–Trinajstić information content (AvgIpc) is 2.90.